The predicted molar refractivity (Wildman–Crippen MR) is 92.7 cm³/mol. The number of halogens is 1. The quantitative estimate of drug-likeness (QED) is 0.878. The highest BCUT2D eigenvalue weighted by Gasteiger charge is 2.34. The van der Waals surface area contributed by atoms with E-state index >= 15 is 0 Å². The third kappa shape index (κ3) is 3.72. The van der Waals surface area contributed by atoms with E-state index in [1.807, 2.05) is 24.3 Å². The Morgan fingerprint density at radius 3 is 2.92 bits per heavy atom. The van der Waals surface area contributed by atoms with Crippen LogP contribution in [0.1, 0.15) is 39.9 Å². The summed E-state index contributed by atoms with van der Waals surface area (Å²) in [6, 6.07) is 11.9. The average Bonchev–Trinajstić information content (AvgIpc) is 2.62. The van der Waals surface area contributed by atoms with Crippen molar-refractivity contribution < 1.29 is 19.0 Å². The predicted octanol–water partition coefficient (Wildman–Crippen LogP) is 2.93. The minimum Gasteiger partial charge on any atom is -0.383 e. The van der Waals surface area contributed by atoms with Crippen molar-refractivity contribution in [3.8, 4) is 0 Å². The van der Waals surface area contributed by atoms with Crippen molar-refractivity contribution in [2.45, 2.75) is 31.5 Å². The number of aryl methyl sites for hydroxylation is 1. The highest BCUT2D eigenvalue weighted by Crippen LogP contribution is 2.34. The van der Waals surface area contributed by atoms with Crippen LogP contribution in [0.2, 0.25) is 0 Å². The number of benzene rings is 2. The number of nitrogens with one attached hydrogen (secondary N) is 1. The van der Waals surface area contributed by atoms with Gasteiger partial charge in [-0.3, -0.25) is 4.79 Å². The zero-order valence-corrected chi connectivity index (χ0v) is 14.2. The lowest BCUT2D eigenvalue weighted by molar-refractivity contribution is 0.0189. The van der Waals surface area contributed by atoms with Gasteiger partial charge in [-0.15, -0.1) is 0 Å². The van der Waals surface area contributed by atoms with Crippen molar-refractivity contribution in [2.75, 3.05) is 13.7 Å². The van der Waals surface area contributed by atoms with Crippen LogP contribution < -0.4 is 5.32 Å². The lowest BCUT2D eigenvalue weighted by atomic mass is 9.79. The van der Waals surface area contributed by atoms with E-state index in [4.69, 9.17) is 4.74 Å². The van der Waals surface area contributed by atoms with Gasteiger partial charge >= 0.3 is 0 Å². The van der Waals surface area contributed by atoms with Crippen LogP contribution in [0.15, 0.2) is 42.5 Å². The summed E-state index contributed by atoms with van der Waals surface area (Å²) in [7, 11) is 1.47. The third-order valence-electron chi connectivity index (χ3n) is 4.70. The van der Waals surface area contributed by atoms with E-state index in [1.54, 1.807) is 0 Å². The number of amides is 1. The minimum absolute atomic E-state index is 0.101. The van der Waals surface area contributed by atoms with E-state index in [0.29, 0.717) is 17.5 Å². The number of carbonyl (C=O) groups excluding carboxylic acids is 1. The van der Waals surface area contributed by atoms with Gasteiger partial charge in [0.25, 0.3) is 5.91 Å². The second kappa shape index (κ2) is 7.33. The zero-order chi connectivity index (χ0) is 17.9. The highest BCUT2D eigenvalue weighted by atomic mass is 19.1. The Morgan fingerprint density at radius 2 is 2.12 bits per heavy atom. The summed E-state index contributed by atoms with van der Waals surface area (Å²) >= 11 is 0. The van der Waals surface area contributed by atoms with Gasteiger partial charge < -0.3 is 15.2 Å². The molecule has 0 spiro atoms. The molecule has 5 heteroatoms. The van der Waals surface area contributed by atoms with E-state index in [-0.39, 0.29) is 19.1 Å². The summed E-state index contributed by atoms with van der Waals surface area (Å²) < 4.78 is 18.6. The van der Waals surface area contributed by atoms with Gasteiger partial charge in [-0.05, 0) is 48.6 Å². The van der Waals surface area contributed by atoms with Gasteiger partial charge in [0.15, 0.2) is 0 Å². The second-order valence-electron chi connectivity index (χ2n) is 6.46. The van der Waals surface area contributed by atoms with Crippen LogP contribution in [0, 0.1) is 5.82 Å². The topological polar surface area (TPSA) is 58.6 Å². The lowest BCUT2D eigenvalue weighted by Crippen LogP contribution is -2.43. The van der Waals surface area contributed by atoms with E-state index in [2.05, 4.69) is 5.32 Å². The smallest absolute Gasteiger partial charge is 0.251 e. The molecule has 2 N–H and O–H groups in total. The Labute approximate surface area is 146 Å². The number of hydrogen-bond donors (Lipinski definition) is 2. The van der Waals surface area contributed by atoms with Crippen molar-refractivity contribution in [3.05, 3.63) is 70.5 Å². The largest absolute Gasteiger partial charge is 0.383 e. The Kier molecular flexibility index (Phi) is 5.16. The first-order valence-corrected chi connectivity index (χ1v) is 8.40. The maximum Gasteiger partial charge on any atom is 0.251 e. The van der Waals surface area contributed by atoms with Gasteiger partial charge in [-0.1, -0.05) is 24.3 Å². The summed E-state index contributed by atoms with van der Waals surface area (Å²) in [5, 5.41) is 13.8. The van der Waals surface area contributed by atoms with Gasteiger partial charge in [-0.2, -0.15) is 0 Å². The summed E-state index contributed by atoms with van der Waals surface area (Å²) in [5.74, 6) is -0.743. The summed E-state index contributed by atoms with van der Waals surface area (Å²) in [6.07, 6.45) is 2.41. The molecule has 0 saturated heterocycles. The van der Waals surface area contributed by atoms with Crippen LogP contribution in [0.25, 0.3) is 0 Å². The number of ether oxygens (including phenoxy) is 1. The molecule has 2 aromatic carbocycles. The van der Waals surface area contributed by atoms with Crippen molar-refractivity contribution in [2.24, 2.45) is 0 Å². The SMILES string of the molecule is COCc1cc(C(=O)NCC2(O)CCCc3ccccc32)ccc1F. The van der Waals surface area contributed by atoms with E-state index in [1.165, 1.54) is 25.3 Å². The number of methoxy groups -OCH3 is 1. The van der Waals surface area contributed by atoms with Crippen LogP contribution in [-0.4, -0.2) is 24.7 Å². The molecule has 0 radical (unpaired) electrons. The second-order valence-corrected chi connectivity index (χ2v) is 6.46. The van der Waals surface area contributed by atoms with Crippen molar-refractivity contribution in [1.29, 1.82) is 0 Å². The molecular weight excluding hydrogens is 321 g/mol. The van der Waals surface area contributed by atoms with Gasteiger partial charge in [0.1, 0.15) is 11.4 Å². The molecule has 0 aromatic heterocycles. The molecular formula is C20H22FNO3. The van der Waals surface area contributed by atoms with E-state index < -0.39 is 11.4 Å². The Hall–Kier alpha value is -2.24. The molecule has 1 aliphatic rings. The standard InChI is InChI=1S/C20H22FNO3/c1-25-12-16-11-15(8-9-18(16)21)19(23)22-13-20(24)10-4-6-14-5-2-3-7-17(14)20/h2-3,5,7-9,11,24H,4,6,10,12-13H2,1H3,(H,22,23). The highest BCUT2D eigenvalue weighted by molar-refractivity contribution is 5.94. The summed E-state index contributed by atoms with van der Waals surface area (Å²) in [5.41, 5.74) is 1.60. The Balaban J connectivity index is 1.74. The molecule has 1 amide bonds. The molecule has 25 heavy (non-hydrogen) atoms. The average molecular weight is 343 g/mol. The fourth-order valence-electron chi connectivity index (χ4n) is 3.39. The van der Waals surface area contributed by atoms with Gasteiger partial charge in [0.2, 0.25) is 0 Å². The first-order chi connectivity index (χ1) is 12.0. The fourth-order valence-corrected chi connectivity index (χ4v) is 3.39. The number of aliphatic hydroxyl groups is 1. The van der Waals surface area contributed by atoms with Crippen LogP contribution >= 0.6 is 0 Å². The fraction of sp³-hybridized carbons (Fsp3) is 0.350. The molecule has 0 bridgehead atoms. The molecule has 0 fully saturated rings. The molecule has 0 aliphatic heterocycles. The lowest BCUT2D eigenvalue weighted by Gasteiger charge is -2.34. The van der Waals surface area contributed by atoms with Crippen LogP contribution in [0.3, 0.4) is 0 Å². The molecule has 3 rings (SSSR count). The van der Waals surface area contributed by atoms with E-state index in [9.17, 15) is 14.3 Å². The molecule has 1 aliphatic carbocycles. The van der Waals surface area contributed by atoms with Crippen LogP contribution in [-0.2, 0) is 23.4 Å². The molecule has 0 heterocycles. The minimum atomic E-state index is -1.07. The Bertz CT molecular complexity index is 777. The summed E-state index contributed by atoms with van der Waals surface area (Å²) in [6.45, 7) is 0.226. The first-order valence-electron chi connectivity index (χ1n) is 8.40. The third-order valence-corrected chi connectivity index (χ3v) is 4.70. The molecule has 2 aromatic rings. The normalized spacial score (nSPS) is 19.3. The first kappa shape index (κ1) is 17.6. The van der Waals surface area contributed by atoms with Crippen molar-refractivity contribution in [1.82, 2.24) is 5.32 Å². The molecule has 4 nitrogen and oxygen atoms in total. The number of rotatable bonds is 5. The van der Waals surface area contributed by atoms with Gasteiger partial charge in [-0.25, -0.2) is 4.39 Å². The van der Waals surface area contributed by atoms with Crippen LogP contribution in [0.5, 0.6) is 0 Å². The maximum atomic E-state index is 13.7. The zero-order valence-electron chi connectivity index (χ0n) is 14.2. The van der Waals surface area contributed by atoms with Crippen molar-refractivity contribution in [3.63, 3.8) is 0 Å². The maximum absolute atomic E-state index is 13.7. The van der Waals surface area contributed by atoms with Gasteiger partial charge in [0.05, 0.1) is 13.2 Å². The van der Waals surface area contributed by atoms with E-state index in [0.717, 1.165) is 24.0 Å². The number of hydrogen-bond acceptors (Lipinski definition) is 3. The molecule has 132 valence electrons. The van der Waals surface area contributed by atoms with Crippen LogP contribution in [0.4, 0.5) is 4.39 Å². The number of fused-ring (bicyclic) bond motifs is 1. The number of carbonyl (C=O) groups is 1. The molecule has 0 saturated carbocycles. The molecule has 1 unspecified atom stereocenters. The molecule has 1 atom stereocenters. The van der Waals surface area contributed by atoms with Gasteiger partial charge in [0, 0.05) is 18.2 Å². The van der Waals surface area contributed by atoms with Crippen molar-refractivity contribution >= 4 is 5.91 Å². The monoisotopic (exact) mass is 343 g/mol. The Morgan fingerprint density at radius 1 is 1.32 bits per heavy atom. The summed E-state index contributed by atoms with van der Waals surface area (Å²) in [4.78, 5) is 12.4.